The predicted molar refractivity (Wildman–Crippen MR) is 66.2 cm³/mol. The van der Waals surface area contributed by atoms with E-state index < -0.39 is 0 Å². The third-order valence-corrected chi connectivity index (χ3v) is 3.24. The zero-order chi connectivity index (χ0) is 12.0. The monoisotopic (exact) mass is 227 g/mol. The maximum Gasteiger partial charge on any atom is 0.237 e. The lowest BCUT2D eigenvalue weighted by atomic mass is 10.0. The third kappa shape index (κ3) is 4.10. The first kappa shape index (κ1) is 13.5. The average Bonchev–Trinajstić information content (AvgIpc) is 2.29. The molecule has 1 fully saturated rings. The topological polar surface area (TPSA) is 58.4 Å². The van der Waals surface area contributed by atoms with Crippen LogP contribution in [0, 0.1) is 0 Å². The van der Waals surface area contributed by atoms with Crippen molar-refractivity contribution >= 4 is 5.91 Å². The normalized spacial score (nSPS) is 24.1. The van der Waals surface area contributed by atoms with Crippen LogP contribution in [0.3, 0.4) is 0 Å². The average molecular weight is 227 g/mol. The van der Waals surface area contributed by atoms with Gasteiger partial charge >= 0.3 is 0 Å². The molecule has 0 bridgehead atoms. The van der Waals surface area contributed by atoms with Gasteiger partial charge in [-0.05, 0) is 32.4 Å². The van der Waals surface area contributed by atoms with E-state index in [-0.39, 0.29) is 11.9 Å². The number of piperidine rings is 1. The second-order valence-corrected chi connectivity index (χ2v) is 4.64. The number of nitrogens with one attached hydrogen (secondary N) is 1. The Kier molecular flexibility index (Phi) is 5.77. The highest BCUT2D eigenvalue weighted by atomic mass is 16.2. The molecule has 1 aliphatic rings. The first-order chi connectivity index (χ1) is 7.67. The first-order valence-corrected chi connectivity index (χ1v) is 6.45. The van der Waals surface area contributed by atoms with Crippen LogP contribution < -0.4 is 11.1 Å². The Balaban J connectivity index is 2.32. The number of carbonyl (C=O) groups is 1. The molecule has 0 radical (unpaired) electrons. The SMILES string of the molecule is CCCC(N)C(=O)NC1CCCN(CC)C1. The second-order valence-electron chi connectivity index (χ2n) is 4.64. The summed E-state index contributed by atoms with van der Waals surface area (Å²) < 4.78 is 0. The van der Waals surface area contributed by atoms with E-state index >= 15 is 0 Å². The van der Waals surface area contributed by atoms with Crippen molar-refractivity contribution in [3.63, 3.8) is 0 Å². The minimum Gasteiger partial charge on any atom is -0.351 e. The Morgan fingerprint density at radius 1 is 1.56 bits per heavy atom. The summed E-state index contributed by atoms with van der Waals surface area (Å²) in [4.78, 5) is 14.1. The number of amides is 1. The fourth-order valence-electron chi connectivity index (χ4n) is 2.21. The van der Waals surface area contributed by atoms with Gasteiger partial charge in [-0.25, -0.2) is 0 Å². The lowest BCUT2D eigenvalue weighted by molar-refractivity contribution is -0.123. The Bertz CT molecular complexity index is 220. The maximum atomic E-state index is 11.7. The highest BCUT2D eigenvalue weighted by Crippen LogP contribution is 2.09. The number of rotatable bonds is 5. The van der Waals surface area contributed by atoms with Crippen molar-refractivity contribution in [3.05, 3.63) is 0 Å². The van der Waals surface area contributed by atoms with Crippen LogP contribution in [-0.4, -0.2) is 42.5 Å². The van der Waals surface area contributed by atoms with Gasteiger partial charge in [-0.3, -0.25) is 4.79 Å². The van der Waals surface area contributed by atoms with Crippen LogP contribution in [0.15, 0.2) is 0 Å². The largest absolute Gasteiger partial charge is 0.351 e. The van der Waals surface area contributed by atoms with Crippen LogP contribution in [0.1, 0.15) is 39.5 Å². The van der Waals surface area contributed by atoms with Gasteiger partial charge in [0.1, 0.15) is 0 Å². The summed E-state index contributed by atoms with van der Waals surface area (Å²) in [5.41, 5.74) is 5.79. The van der Waals surface area contributed by atoms with Gasteiger partial charge in [-0.2, -0.15) is 0 Å². The van der Waals surface area contributed by atoms with Gasteiger partial charge in [0.2, 0.25) is 5.91 Å². The third-order valence-electron chi connectivity index (χ3n) is 3.24. The van der Waals surface area contributed by atoms with Gasteiger partial charge in [0.25, 0.3) is 0 Å². The summed E-state index contributed by atoms with van der Waals surface area (Å²) in [6.07, 6.45) is 3.99. The molecule has 4 nitrogen and oxygen atoms in total. The van der Waals surface area contributed by atoms with E-state index in [0.717, 1.165) is 38.9 Å². The molecule has 0 aromatic rings. The van der Waals surface area contributed by atoms with Gasteiger partial charge in [-0.1, -0.05) is 20.3 Å². The van der Waals surface area contributed by atoms with Crippen molar-refractivity contribution < 1.29 is 4.79 Å². The molecule has 1 saturated heterocycles. The standard InChI is InChI=1S/C12H25N3O/c1-3-6-11(13)12(16)14-10-7-5-8-15(4-2)9-10/h10-11H,3-9,13H2,1-2H3,(H,14,16). The van der Waals surface area contributed by atoms with Crippen molar-refractivity contribution in [2.45, 2.75) is 51.6 Å². The molecule has 2 atom stereocenters. The van der Waals surface area contributed by atoms with E-state index in [1.807, 2.05) is 6.92 Å². The summed E-state index contributed by atoms with van der Waals surface area (Å²) in [7, 11) is 0. The second kappa shape index (κ2) is 6.86. The summed E-state index contributed by atoms with van der Waals surface area (Å²) in [6, 6.07) is -0.0360. The van der Waals surface area contributed by atoms with E-state index in [4.69, 9.17) is 5.73 Å². The summed E-state index contributed by atoms with van der Waals surface area (Å²) in [5, 5.41) is 3.06. The molecule has 0 aromatic heterocycles. The quantitative estimate of drug-likeness (QED) is 0.727. The first-order valence-electron chi connectivity index (χ1n) is 6.45. The Morgan fingerprint density at radius 3 is 2.94 bits per heavy atom. The molecule has 1 rings (SSSR count). The van der Waals surface area contributed by atoms with Crippen LogP contribution in [-0.2, 0) is 4.79 Å². The van der Waals surface area contributed by atoms with Gasteiger partial charge in [0.15, 0.2) is 0 Å². The molecule has 3 N–H and O–H groups in total. The molecule has 0 aromatic carbocycles. The van der Waals surface area contributed by atoms with Gasteiger partial charge in [-0.15, -0.1) is 0 Å². The summed E-state index contributed by atoms with van der Waals surface area (Å²) in [5.74, 6) is 0.0183. The van der Waals surface area contributed by atoms with E-state index in [1.165, 1.54) is 6.42 Å². The van der Waals surface area contributed by atoms with Gasteiger partial charge in [0, 0.05) is 12.6 Å². The number of likely N-dealkylation sites (N-methyl/N-ethyl adjacent to an activating group) is 1. The molecule has 1 aliphatic heterocycles. The molecule has 1 heterocycles. The lowest BCUT2D eigenvalue weighted by Crippen LogP contribution is -2.51. The number of likely N-dealkylation sites (tertiary alicyclic amines) is 1. The molecule has 2 unspecified atom stereocenters. The molecule has 16 heavy (non-hydrogen) atoms. The van der Waals surface area contributed by atoms with Crippen LogP contribution in [0.25, 0.3) is 0 Å². The Labute approximate surface area is 98.6 Å². The summed E-state index contributed by atoms with van der Waals surface area (Å²) in [6.45, 7) is 7.40. The van der Waals surface area contributed by atoms with E-state index in [2.05, 4.69) is 17.1 Å². The summed E-state index contributed by atoms with van der Waals surface area (Å²) >= 11 is 0. The van der Waals surface area contributed by atoms with Crippen molar-refractivity contribution in [1.29, 1.82) is 0 Å². The lowest BCUT2D eigenvalue weighted by Gasteiger charge is -2.32. The van der Waals surface area contributed by atoms with E-state index in [1.54, 1.807) is 0 Å². The van der Waals surface area contributed by atoms with Gasteiger partial charge < -0.3 is 16.0 Å². The number of carbonyl (C=O) groups excluding carboxylic acids is 1. The molecule has 4 heteroatoms. The van der Waals surface area contributed by atoms with Crippen molar-refractivity contribution in [2.75, 3.05) is 19.6 Å². The highest BCUT2D eigenvalue weighted by molar-refractivity contribution is 5.81. The van der Waals surface area contributed by atoms with Crippen molar-refractivity contribution in [2.24, 2.45) is 5.73 Å². The molecule has 0 spiro atoms. The maximum absolute atomic E-state index is 11.7. The van der Waals surface area contributed by atoms with Gasteiger partial charge in [0.05, 0.1) is 6.04 Å². The molecular formula is C12H25N3O. The highest BCUT2D eigenvalue weighted by Gasteiger charge is 2.22. The molecular weight excluding hydrogens is 202 g/mol. The number of nitrogens with two attached hydrogens (primary N) is 1. The van der Waals surface area contributed by atoms with E-state index in [0.29, 0.717) is 6.04 Å². The minimum absolute atomic E-state index is 0.0183. The fraction of sp³-hybridized carbons (Fsp3) is 0.917. The number of nitrogens with zero attached hydrogens (tertiary/aromatic N) is 1. The van der Waals surface area contributed by atoms with Crippen LogP contribution in [0.4, 0.5) is 0 Å². The number of hydrogen-bond donors (Lipinski definition) is 2. The molecule has 0 saturated carbocycles. The van der Waals surface area contributed by atoms with E-state index in [9.17, 15) is 4.79 Å². The predicted octanol–water partition coefficient (Wildman–Crippen LogP) is 0.714. The zero-order valence-electron chi connectivity index (χ0n) is 10.5. The number of hydrogen-bond acceptors (Lipinski definition) is 3. The Hall–Kier alpha value is -0.610. The molecule has 94 valence electrons. The van der Waals surface area contributed by atoms with Crippen LogP contribution >= 0.6 is 0 Å². The smallest absolute Gasteiger partial charge is 0.237 e. The minimum atomic E-state index is -0.331. The molecule has 1 amide bonds. The van der Waals surface area contributed by atoms with Crippen LogP contribution in [0.5, 0.6) is 0 Å². The molecule has 0 aliphatic carbocycles. The van der Waals surface area contributed by atoms with Crippen molar-refractivity contribution in [1.82, 2.24) is 10.2 Å². The zero-order valence-corrected chi connectivity index (χ0v) is 10.5. The Morgan fingerprint density at radius 2 is 2.31 bits per heavy atom. The fourth-order valence-corrected chi connectivity index (χ4v) is 2.21. The van der Waals surface area contributed by atoms with Crippen LogP contribution in [0.2, 0.25) is 0 Å². The van der Waals surface area contributed by atoms with Crippen molar-refractivity contribution in [3.8, 4) is 0 Å².